The van der Waals surface area contributed by atoms with Crippen molar-refractivity contribution in [1.29, 1.82) is 0 Å². The van der Waals surface area contributed by atoms with Crippen molar-refractivity contribution in [3.05, 3.63) is 35.6 Å². The minimum absolute atomic E-state index is 0.0919. The van der Waals surface area contributed by atoms with Gasteiger partial charge in [0.1, 0.15) is 11.2 Å². The van der Waals surface area contributed by atoms with E-state index in [1.165, 1.54) is 6.07 Å². The van der Waals surface area contributed by atoms with Crippen LogP contribution in [0.25, 0.3) is 0 Å². The Morgan fingerprint density at radius 2 is 2.16 bits per heavy atom. The maximum atomic E-state index is 13.6. The number of amidine groups is 1. The lowest BCUT2D eigenvalue weighted by atomic mass is 10.0. The molecule has 5 nitrogen and oxygen atoms in total. The van der Waals surface area contributed by atoms with Gasteiger partial charge in [-0.2, -0.15) is 0 Å². The van der Waals surface area contributed by atoms with E-state index in [2.05, 4.69) is 10.5 Å². The SMILES string of the molecule is CC(NC(=O)C1(/C(N)=N/O)CC1)c1ccccc1F. The molecule has 1 aliphatic carbocycles. The topological polar surface area (TPSA) is 87.7 Å². The highest BCUT2D eigenvalue weighted by Gasteiger charge is 2.54. The third-order valence-corrected chi connectivity index (χ3v) is 3.50. The number of carbonyl (C=O) groups is 1. The maximum absolute atomic E-state index is 13.6. The Morgan fingerprint density at radius 3 is 2.68 bits per heavy atom. The Bertz CT molecular complexity index is 526. The van der Waals surface area contributed by atoms with Crippen molar-refractivity contribution >= 4 is 11.7 Å². The molecule has 6 heteroatoms. The van der Waals surface area contributed by atoms with Crippen LogP contribution in [0.2, 0.25) is 0 Å². The van der Waals surface area contributed by atoms with Gasteiger partial charge in [-0.3, -0.25) is 4.79 Å². The summed E-state index contributed by atoms with van der Waals surface area (Å²) < 4.78 is 13.6. The molecule has 0 aromatic heterocycles. The van der Waals surface area contributed by atoms with Gasteiger partial charge in [0.05, 0.1) is 6.04 Å². The van der Waals surface area contributed by atoms with E-state index >= 15 is 0 Å². The number of nitrogens with zero attached hydrogens (tertiary/aromatic N) is 1. The Labute approximate surface area is 110 Å². The third-order valence-electron chi connectivity index (χ3n) is 3.50. The predicted molar refractivity (Wildman–Crippen MR) is 68.0 cm³/mol. The zero-order valence-electron chi connectivity index (χ0n) is 10.6. The molecule has 19 heavy (non-hydrogen) atoms. The predicted octanol–water partition coefficient (Wildman–Crippen LogP) is 1.53. The lowest BCUT2D eigenvalue weighted by molar-refractivity contribution is -0.124. The normalized spacial score (nSPS) is 18.7. The summed E-state index contributed by atoms with van der Waals surface area (Å²) in [7, 11) is 0. The molecule has 1 saturated carbocycles. The van der Waals surface area contributed by atoms with Crippen LogP contribution in [0.5, 0.6) is 0 Å². The molecule has 0 saturated heterocycles. The number of halogens is 1. The first kappa shape index (κ1) is 13.3. The minimum Gasteiger partial charge on any atom is -0.409 e. The number of nitrogens with one attached hydrogen (secondary N) is 1. The zero-order chi connectivity index (χ0) is 14.0. The van der Waals surface area contributed by atoms with Crippen LogP contribution in [-0.4, -0.2) is 17.0 Å². The van der Waals surface area contributed by atoms with Crippen molar-refractivity contribution in [2.75, 3.05) is 0 Å². The van der Waals surface area contributed by atoms with Gasteiger partial charge in [0.15, 0.2) is 5.84 Å². The summed E-state index contributed by atoms with van der Waals surface area (Å²) in [6.07, 6.45) is 1.08. The summed E-state index contributed by atoms with van der Waals surface area (Å²) in [5, 5.41) is 14.3. The van der Waals surface area contributed by atoms with E-state index in [1.807, 2.05) is 0 Å². The van der Waals surface area contributed by atoms with Gasteiger partial charge >= 0.3 is 0 Å². The van der Waals surface area contributed by atoms with E-state index in [1.54, 1.807) is 25.1 Å². The van der Waals surface area contributed by atoms with Gasteiger partial charge in [0, 0.05) is 5.56 Å². The van der Waals surface area contributed by atoms with Crippen molar-refractivity contribution in [2.45, 2.75) is 25.8 Å². The Balaban J connectivity index is 2.10. The first-order valence-corrected chi connectivity index (χ1v) is 6.04. The molecule has 0 aliphatic heterocycles. The number of rotatable bonds is 4. The smallest absolute Gasteiger partial charge is 0.234 e. The quantitative estimate of drug-likeness (QED) is 0.334. The number of carbonyl (C=O) groups excluding carboxylic acids is 1. The summed E-state index contributed by atoms with van der Waals surface area (Å²) in [6.45, 7) is 1.69. The van der Waals surface area contributed by atoms with Gasteiger partial charge in [-0.25, -0.2) is 4.39 Å². The van der Waals surface area contributed by atoms with Crippen molar-refractivity contribution in [3.63, 3.8) is 0 Å². The summed E-state index contributed by atoms with van der Waals surface area (Å²) >= 11 is 0. The first-order valence-electron chi connectivity index (χ1n) is 6.04. The Hall–Kier alpha value is -2.11. The van der Waals surface area contributed by atoms with Crippen molar-refractivity contribution < 1.29 is 14.4 Å². The molecule has 0 bridgehead atoms. The summed E-state index contributed by atoms with van der Waals surface area (Å²) in [5.41, 5.74) is 5.01. The number of amides is 1. The number of hydrogen-bond donors (Lipinski definition) is 3. The molecule has 0 spiro atoms. The first-order chi connectivity index (χ1) is 9.01. The lowest BCUT2D eigenvalue weighted by Gasteiger charge is -2.19. The van der Waals surface area contributed by atoms with Crippen LogP contribution in [0.1, 0.15) is 31.4 Å². The highest BCUT2D eigenvalue weighted by atomic mass is 19.1. The third kappa shape index (κ3) is 2.38. The standard InChI is InChI=1S/C13H16FN3O2/c1-8(9-4-2-3-5-10(9)14)16-12(18)13(6-7-13)11(15)17-19/h2-5,8,19H,6-7H2,1H3,(H2,15,17)(H,16,18). The number of benzene rings is 1. The van der Waals surface area contributed by atoms with Crippen LogP contribution < -0.4 is 11.1 Å². The van der Waals surface area contributed by atoms with Crippen LogP contribution in [0.3, 0.4) is 0 Å². The maximum Gasteiger partial charge on any atom is 0.234 e. The van der Waals surface area contributed by atoms with Gasteiger partial charge in [-0.05, 0) is 25.8 Å². The molecule has 0 radical (unpaired) electrons. The van der Waals surface area contributed by atoms with E-state index < -0.39 is 11.5 Å². The Morgan fingerprint density at radius 1 is 1.53 bits per heavy atom. The van der Waals surface area contributed by atoms with Gasteiger partial charge in [0.2, 0.25) is 5.91 Å². The molecular formula is C13H16FN3O2. The van der Waals surface area contributed by atoms with E-state index in [-0.39, 0.29) is 17.6 Å². The fraction of sp³-hybridized carbons (Fsp3) is 0.385. The summed E-state index contributed by atoms with van der Waals surface area (Å²) in [6, 6.07) is 5.78. The molecule has 1 atom stereocenters. The molecule has 0 heterocycles. The second-order valence-corrected chi connectivity index (χ2v) is 4.78. The van der Waals surface area contributed by atoms with Gasteiger partial charge in [-0.15, -0.1) is 0 Å². The molecule has 1 unspecified atom stereocenters. The summed E-state index contributed by atoms with van der Waals surface area (Å²) in [5.74, 6) is -0.798. The van der Waals surface area contributed by atoms with Crippen LogP contribution in [0.15, 0.2) is 29.4 Å². The van der Waals surface area contributed by atoms with Crippen LogP contribution in [0, 0.1) is 11.2 Å². The number of oxime groups is 1. The molecule has 1 fully saturated rings. The lowest BCUT2D eigenvalue weighted by Crippen LogP contribution is -2.41. The molecule has 1 amide bonds. The van der Waals surface area contributed by atoms with Crippen molar-refractivity contribution in [1.82, 2.24) is 5.32 Å². The zero-order valence-corrected chi connectivity index (χ0v) is 10.6. The largest absolute Gasteiger partial charge is 0.409 e. The molecule has 102 valence electrons. The molecule has 1 aromatic rings. The Kier molecular flexibility index (Phi) is 3.42. The van der Waals surface area contributed by atoms with Crippen LogP contribution in [-0.2, 0) is 4.79 Å². The van der Waals surface area contributed by atoms with Crippen LogP contribution >= 0.6 is 0 Å². The van der Waals surface area contributed by atoms with Gasteiger partial charge in [-0.1, -0.05) is 23.4 Å². The number of nitrogens with two attached hydrogens (primary N) is 1. The van der Waals surface area contributed by atoms with Crippen molar-refractivity contribution in [2.24, 2.45) is 16.3 Å². The second-order valence-electron chi connectivity index (χ2n) is 4.78. The average molecular weight is 265 g/mol. The molecule has 1 aromatic carbocycles. The minimum atomic E-state index is -0.922. The average Bonchev–Trinajstić information content (AvgIpc) is 3.19. The highest BCUT2D eigenvalue weighted by molar-refractivity contribution is 6.09. The van der Waals surface area contributed by atoms with Gasteiger partial charge in [0.25, 0.3) is 0 Å². The van der Waals surface area contributed by atoms with E-state index in [9.17, 15) is 9.18 Å². The van der Waals surface area contributed by atoms with E-state index in [0.29, 0.717) is 18.4 Å². The fourth-order valence-corrected chi connectivity index (χ4v) is 2.06. The monoisotopic (exact) mass is 265 g/mol. The number of hydrogen-bond acceptors (Lipinski definition) is 3. The summed E-state index contributed by atoms with van der Waals surface area (Å²) in [4.78, 5) is 12.1. The fourth-order valence-electron chi connectivity index (χ4n) is 2.06. The molecule has 4 N–H and O–H groups in total. The van der Waals surface area contributed by atoms with Gasteiger partial charge < -0.3 is 16.3 Å². The second kappa shape index (κ2) is 4.87. The molecule has 1 aliphatic rings. The van der Waals surface area contributed by atoms with Crippen molar-refractivity contribution in [3.8, 4) is 0 Å². The van der Waals surface area contributed by atoms with E-state index in [4.69, 9.17) is 10.9 Å². The molecular weight excluding hydrogens is 249 g/mol. The highest BCUT2D eigenvalue weighted by Crippen LogP contribution is 2.46. The molecule has 2 rings (SSSR count). The van der Waals surface area contributed by atoms with Crippen LogP contribution in [0.4, 0.5) is 4.39 Å². The van der Waals surface area contributed by atoms with E-state index in [0.717, 1.165) is 0 Å².